The Bertz CT molecular complexity index is 453. The van der Waals surface area contributed by atoms with Gasteiger partial charge in [-0.2, -0.15) is 5.26 Å². The lowest BCUT2D eigenvalue weighted by Crippen LogP contribution is -2.49. The molecule has 0 saturated heterocycles. The van der Waals surface area contributed by atoms with Crippen LogP contribution < -0.4 is 10.6 Å². The molecule has 5 heteroatoms. The van der Waals surface area contributed by atoms with E-state index in [4.69, 9.17) is 11.0 Å². The van der Waals surface area contributed by atoms with E-state index >= 15 is 0 Å². The summed E-state index contributed by atoms with van der Waals surface area (Å²) in [5, 5.41) is 8.66. The number of anilines is 1. The molecule has 1 aromatic heterocycles. The van der Waals surface area contributed by atoms with E-state index in [1.165, 1.54) is 0 Å². The maximum absolute atomic E-state index is 8.66. The lowest BCUT2D eigenvalue weighted by atomic mass is 9.86. The molecule has 0 aliphatic carbocycles. The molecule has 0 aliphatic heterocycles. The number of aromatic nitrogens is 1. The first-order valence-corrected chi connectivity index (χ1v) is 5.79. The molecule has 0 spiro atoms. The Morgan fingerprint density at radius 2 is 2.00 bits per heavy atom. The van der Waals surface area contributed by atoms with Crippen LogP contribution in [0.25, 0.3) is 0 Å². The summed E-state index contributed by atoms with van der Waals surface area (Å²) >= 11 is 0. The number of hydrogen-bond donors (Lipinski definition) is 1. The van der Waals surface area contributed by atoms with E-state index in [2.05, 4.69) is 37.7 Å². The highest BCUT2D eigenvalue weighted by Crippen LogP contribution is 2.27. The van der Waals surface area contributed by atoms with E-state index in [1.807, 2.05) is 17.0 Å². The second kappa shape index (κ2) is 5.50. The third kappa shape index (κ3) is 3.20. The van der Waals surface area contributed by atoms with Crippen molar-refractivity contribution >= 4 is 11.6 Å². The predicted molar refractivity (Wildman–Crippen MR) is 72.9 cm³/mol. The first-order valence-electron chi connectivity index (χ1n) is 5.79. The van der Waals surface area contributed by atoms with Gasteiger partial charge in [-0.25, -0.2) is 0 Å². The molecule has 2 N–H and O–H groups in total. The SMILES string of the molecule is CC(N(C(N)=NC#N)c1ccncc1)C(C)(C)C. The number of nitriles is 1. The number of aliphatic imine (C=N–C) groups is 1. The molecule has 0 amide bonds. The smallest absolute Gasteiger partial charge is 0.212 e. The summed E-state index contributed by atoms with van der Waals surface area (Å²) in [5.74, 6) is 0.200. The van der Waals surface area contributed by atoms with E-state index < -0.39 is 0 Å². The molecule has 0 fully saturated rings. The summed E-state index contributed by atoms with van der Waals surface area (Å²) in [4.78, 5) is 9.48. The van der Waals surface area contributed by atoms with Gasteiger partial charge < -0.3 is 10.6 Å². The van der Waals surface area contributed by atoms with Crippen molar-refractivity contribution in [3.63, 3.8) is 0 Å². The molecule has 0 aliphatic rings. The van der Waals surface area contributed by atoms with Crippen molar-refractivity contribution in [3.05, 3.63) is 24.5 Å². The van der Waals surface area contributed by atoms with Gasteiger partial charge in [0.1, 0.15) is 0 Å². The molecule has 1 rings (SSSR count). The van der Waals surface area contributed by atoms with Crippen LogP contribution in [0.4, 0.5) is 5.69 Å². The summed E-state index contributed by atoms with van der Waals surface area (Å²) in [6.45, 7) is 8.41. The highest BCUT2D eigenvalue weighted by Gasteiger charge is 2.28. The number of nitrogens with zero attached hydrogens (tertiary/aromatic N) is 4. The van der Waals surface area contributed by atoms with Crippen molar-refractivity contribution < 1.29 is 0 Å². The molecule has 0 bridgehead atoms. The zero-order valence-electron chi connectivity index (χ0n) is 11.3. The normalized spacial score (nSPS) is 13.8. The Kier molecular flexibility index (Phi) is 4.27. The summed E-state index contributed by atoms with van der Waals surface area (Å²) in [7, 11) is 0. The maximum atomic E-state index is 8.66. The summed E-state index contributed by atoms with van der Waals surface area (Å²) in [6.07, 6.45) is 5.11. The average molecular weight is 245 g/mol. The van der Waals surface area contributed by atoms with Crippen LogP contribution in [0.3, 0.4) is 0 Å². The molecule has 5 nitrogen and oxygen atoms in total. The Hall–Kier alpha value is -2.09. The van der Waals surface area contributed by atoms with Gasteiger partial charge in [-0.05, 0) is 24.5 Å². The lowest BCUT2D eigenvalue weighted by molar-refractivity contribution is 0.339. The van der Waals surface area contributed by atoms with Crippen LogP contribution in [-0.2, 0) is 0 Å². The third-order valence-electron chi connectivity index (χ3n) is 2.99. The summed E-state index contributed by atoms with van der Waals surface area (Å²) in [6, 6.07) is 3.79. The Balaban J connectivity index is 3.21. The minimum atomic E-state index is -0.00113. The quantitative estimate of drug-likeness (QED) is 0.492. The van der Waals surface area contributed by atoms with Gasteiger partial charge in [0.05, 0.1) is 0 Å². The minimum absolute atomic E-state index is 0.00113. The van der Waals surface area contributed by atoms with Crippen LogP contribution in [-0.4, -0.2) is 17.0 Å². The first-order chi connectivity index (χ1) is 8.38. The van der Waals surface area contributed by atoms with Crippen LogP contribution in [0.2, 0.25) is 0 Å². The Morgan fingerprint density at radius 3 is 2.44 bits per heavy atom. The largest absolute Gasteiger partial charge is 0.369 e. The van der Waals surface area contributed by atoms with Crippen LogP contribution in [0, 0.1) is 16.9 Å². The summed E-state index contributed by atoms with van der Waals surface area (Å²) < 4.78 is 0. The van der Waals surface area contributed by atoms with Gasteiger partial charge in [0.15, 0.2) is 0 Å². The van der Waals surface area contributed by atoms with Crippen molar-refractivity contribution in [2.45, 2.75) is 33.7 Å². The van der Waals surface area contributed by atoms with E-state index in [1.54, 1.807) is 18.6 Å². The molecule has 0 aromatic carbocycles. The van der Waals surface area contributed by atoms with E-state index in [0.717, 1.165) is 5.69 Å². The lowest BCUT2D eigenvalue weighted by Gasteiger charge is -2.38. The number of hydrogen-bond acceptors (Lipinski definition) is 3. The van der Waals surface area contributed by atoms with Gasteiger partial charge in [-0.15, -0.1) is 4.99 Å². The fraction of sp³-hybridized carbons (Fsp3) is 0.462. The fourth-order valence-electron chi connectivity index (χ4n) is 1.55. The van der Waals surface area contributed by atoms with Gasteiger partial charge >= 0.3 is 0 Å². The monoisotopic (exact) mass is 245 g/mol. The first kappa shape index (κ1) is 14.0. The van der Waals surface area contributed by atoms with Crippen LogP contribution >= 0.6 is 0 Å². The summed E-state index contributed by atoms with van der Waals surface area (Å²) in [5.41, 5.74) is 6.77. The van der Waals surface area contributed by atoms with Gasteiger partial charge in [0, 0.05) is 24.1 Å². The van der Waals surface area contributed by atoms with Gasteiger partial charge in [-0.3, -0.25) is 4.98 Å². The highest BCUT2D eigenvalue weighted by molar-refractivity contribution is 5.95. The minimum Gasteiger partial charge on any atom is -0.369 e. The second-order valence-electron chi connectivity index (χ2n) is 5.19. The van der Waals surface area contributed by atoms with E-state index in [9.17, 15) is 0 Å². The van der Waals surface area contributed by atoms with Gasteiger partial charge in [0.25, 0.3) is 0 Å². The van der Waals surface area contributed by atoms with Gasteiger partial charge in [0.2, 0.25) is 12.2 Å². The molecule has 1 aromatic rings. The zero-order chi connectivity index (χ0) is 13.8. The Labute approximate surface area is 108 Å². The maximum Gasteiger partial charge on any atom is 0.212 e. The number of nitrogens with two attached hydrogens (primary N) is 1. The predicted octanol–water partition coefficient (Wildman–Crippen LogP) is 2.12. The molecule has 0 saturated carbocycles. The van der Waals surface area contributed by atoms with Crippen molar-refractivity contribution in [1.82, 2.24) is 4.98 Å². The fourth-order valence-corrected chi connectivity index (χ4v) is 1.55. The van der Waals surface area contributed by atoms with Crippen molar-refractivity contribution in [2.24, 2.45) is 16.1 Å². The van der Waals surface area contributed by atoms with Crippen molar-refractivity contribution in [3.8, 4) is 6.19 Å². The number of pyridine rings is 1. The van der Waals surface area contributed by atoms with Crippen molar-refractivity contribution in [1.29, 1.82) is 5.26 Å². The van der Waals surface area contributed by atoms with Crippen LogP contribution in [0.5, 0.6) is 0 Å². The Morgan fingerprint density at radius 1 is 1.44 bits per heavy atom. The van der Waals surface area contributed by atoms with Crippen LogP contribution in [0.15, 0.2) is 29.5 Å². The highest BCUT2D eigenvalue weighted by atomic mass is 15.3. The standard InChI is InChI=1S/C13H19N5/c1-10(13(2,3)4)18(12(15)17-9-14)11-5-7-16-8-6-11/h5-8,10H,1-4H3,(H2,15,17). The average Bonchev–Trinajstić information content (AvgIpc) is 2.29. The van der Waals surface area contributed by atoms with Gasteiger partial charge in [-0.1, -0.05) is 20.8 Å². The second-order valence-corrected chi connectivity index (χ2v) is 5.19. The molecular weight excluding hydrogens is 226 g/mol. The zero-order valence-corrected chi connectivity index (χ0v) is 11.3. The molecule has 18 heavy (non-hydrogen) atoms. The van der Waals surface area contributed by atoms with Crippen molar-refractivity contribution in [2.75, 3.05) is 4.90 Å². The third-order valence-corrected chi connectivity index (χ3v) is 2.99. The van der Waals surface area contributed by atoms with E-state index in [0.29, 0.717) is 0 Å². The molecule has 0 radical (unpaired) electrons. The molecule has 1 unspecified atom stereocenters. The molecular formula is C13H19N5. The number of guanidine groups is 1. The topological polar surface area (TPSA) is 78.3 Å². The molecule has 1 atom stereocenters. The number of rotatable bonds is 2. The van der Waals surface area contributed by atoms with E-state index in [-0.39, 0.29) is 17.4 Å². The molecule has 1 heterocycles. The molecule has 96 valence electrons. The van der Waals surface area contributed by atoms with Crippen LogP contribution in [0.1, 0.15) is 27.7 Å².